The summed E-state index contributed by atoms with van der Waals surface area (Å²) < 4.78 is 21.5. The predicted molar refractivity (Wildman–Crippen MR) is 96.1 cm³/mol. The van der Waals surface area contributed by atoms with E-state index >= 15 is 0 Å². The molecule has 3 aromatic rings. The molecule has 1 aromatic heterocycles. The fourth-order valence-corrected chi connectivity index (χ4v) is 2.68. The van der Waals surface area contributed by atoms with E-state index in [1.54, 1.807) is 50.6 Å². The lowest BCUT2D eigenvalue weighted by Crippen LogP contribution is -2.06. The summed E-state index contributed by atoms with van der Waals surface area (Å²) in [6.45, 7) is -0.125. The highest BCUT2D eigenvalue weighted by atomic mass is 79.9. The Balaban J connectivity index is 1.70. The van der Waals surface area contributed by atoms with Gasteiger partial charge in [-0.05, 0) is 46.3 Å². The first-order chi connectivity index (χ1) is 12.6. The third-order valence-electron chi connectivity index (χ3n) is 3.53. The summed E-state index contributed by atoms with van der Waals surface area (Å²) in [5.41, 5.74) is 1.11. The predicted octanol–water partition coefficient (Wildman–Crippen LogP) is 3.87. The van der Waals surface area contributed by atoms with Gasteiger partial charge in [0.15, 0.2) is 18.1 Å². The molecule has 134 valence electrons. The van der Waals surface area contributed by atoms with E-state index in [1.807, 2.05) is 6.07 Å². The summed E-state index contributed by atoms with van der Waals surface area (Å²) >= 11 is 3.31. The van der Waals surface area contributed by atoms with Crippen LogP contribution >= 0.6 is 15.9 Å². The monoisotopic (exact) mass is 418 g/mol. The van der Waals surface area contributed by atoms with Crippen LogP contribution in [0.4, 0.5) is 0 Å². The van der Waals surface area contributed by atoms with Crippen LogP contribution in [0, 0.1) is 0 Å². The largest absolute Gasteiger partial charge is 0.493 e. The zero-order valence-electron chi connectivity index (χ0n) is 14.1. The first kappa shape index (κ1) is 17.9. The van der Waals surface area contributed by atoms with Gasteiger partial charge in [-0.25, -0.2) is 4.79 Å². The number of carbonyl (C=O) groups is 1. The number of benzene rings is 2. The molecule has 0 aliphatic carbocycles. The van der Waals surface area contributed by atoms with Crippen LogP contribution < -0.4 is 9.47 Å². The lowest BCUT2D eigenvalue weighted by Gasteiger charge is -2.07. The Morgan fingerprint density at radius 3 is 2.62 bits per heavy atom. The van der Waals surface area contributed by atoms with Gasteiger partial charge in [0, 0.05) is 10.0 Å². The zero-order valence-corrected chi connectivity index (χ0v) is 15.6. The molecule has 0 spiro atoms. The van der Waals surface area contributed by atoms with Crippen LogP contribution in [-0.2, 0) is 11.3 Å². The van der Waals surface area contributed by atoms with E-state index in [2.05, 4.69) is 26.1 Å². The van der Waals surface area contributed by atoms with Crippen molar-refractivity contribution in [2.24, 2.45) is 0 Å². The fraction of sp³-hybridized carbons (Fsp3) is 0.167. The van der Waals surface area contributed by atoms with Crippen molar-refractivity contribution in [3.05, 3.63) is 58.4 Å². The highest BCUT2D eigenvalue weighted by Crippen LogP contribution is 2.31. The zero-order chi connectivity index (χ0) is 18.5. The molecule has 0 unspecified atom stereocenters. The molecular formula is C18H15BrN2O5. The highest BCUT2D eigenvalue weighted by molar-refractivity contribution is 9.10. The van der Waals surface area contributed by atoms with Crippen LogP contribution in [0.1, 0.15) is 16.2 Å². The van der Waals surface area contributed by atoms with Gasteiger partial charge in [-0.1, -0.05) is 17.3 Å². The van der Waals surface area contributed by atoms with Gasteiger partial charge < -0.3 is 18.7 Å². The van der Waals surface area contributed by atoms with Crippen LogP contribution in [0.15, 0.2) is 51.5 Å². The lowest BCUT2D eigenvalue weighted by atomic mass is 10.2. The molecule has 3 rings (SSSR count). The number of methoxy groups -OCH3 is 2. The quantitative estimate of drug-likeness (QED) is 0.561. The van der Waals surface area contributed by atoms with Crippen molar-refractivity contribution >= 4 is 21.9 Å². The van der Waals surface area contributed by atoms with E-state index in [0.717, 1.165) is 0 Å². The van der Waals surface area contributed by atoms with Gasteiger partial charge in [0.05, 0.1) is 19.8 Å². The Kier molecular flexibility index (Phi) is 5.52. The average Bonchev–Trinajstić information content (AvgIpc) is 3.15. The van der Waals surface area contributed by atoms with Crippen LogP contribution in [0.5, 0.6) is 11.5 Å². The Morgan fingerprint density at radius 1 is 1.12 bits per heavy atom. The third kappa shape index (κ3) is 3.85. The maximum absolute atomic E-state index is 12.1. The van der Waals surface area contributed by atoms with Gasteiger partial charge >= 0.3 is 5.97 Å². The smallest absolute Gasteiger partial charge is 0.339 e. The van der Waals surface area contributed by atoms with Gasteiger partial charge in [-0.15, -0.1) is 0 Å². The lowest BCUT2D eigenvalue weighted by molar-refractivity contribution is 0.0428. The summed E-state index contributed by atoms with van der Waals surface area (Å²) in [5.74, 6) is 1.22. The van der Waals surface area contributed by atoms with E-state index in [1.165, 1.54) is 0 Å². The molecule has 7 nitrogen and oxygen atoms in total. The molecule has 0 saturated heterocycles. The van der Waals surface area contributed by atoms with Crippen LogP contribution in [-0.4, -0.2) is 30.3 Å². The molecule has 0 saturated carbocycles. The molecule has 0 amide bonds. The van der Waals surface area contributed by atoms with Gasteiger partial charge in [0.25, 0.3) is 5.89 Å². The number of ether oxygens (including phenoxy) is 3. The first-order valence-electron chi connectivity index (χ1n) is 7.59. The van der Waals surface area contributed by atoms with Crippen molar-refractivity contribution in [3.8, 4) is 22.9 Å². The van der Waals surface area contributed by atoms with Crippen molar-refractivity contribution in [1.29, 1.82) is 0 Å². The number of halogens is 1. The minimum Gasteiger partial charge on any atom is -0.493 e. The number of carbonyl (C=O) groups excluding carboxylic acids is 1. The van der Waals surface area contributed by atoms with Crippen molar-refractivity contribution in [1.82, 2.24) is 10.1 Å². The molecule has 2 aromatic carbocycles. The number of hydrogen-bond acceptors (Lipinski definition) is 7. The van der Waals surface area contributed by atoms with Gasteiger partial charge in [0.2, 0.25) is 5.82 Å². The summed E-state index contributed by atoms with van der Waals surface area (Å²) in [5, 5.41) is 3.90. The highest BCUT2D eigenvalue weighted by Gasteiger charge is 2.15. The summed E-state index contributed by atoms with van der Waals surface area (Å²) in [6.07, 6.45) is 0. The van der Waals surface area contributed by atoms with E-state index in [4.69, 9.17) is 18.7 Å². The van der Waals surface area contributed by atoms with Crippen molar-refractivity contribution in [3.63, 3.8) is 0 Å². The molecule has 0 fully saturated rings. The van der Waals surface area contributed by atoms with E-state index in [-0.39, 0.29) is 12.5 Å². The summed E-state index contributed by atoms with van der Waals surface area (Å²) in [7, 11) is 3.11. The van der Waals surface area contributed by atoms with Crippen molar-refractivity contribution in [2.75, 3.05) is 14.2 Å². The molecule has 0 aliphatic heterocycles. The molecule has 26 heavy (non-hydrogen) atoms. The standard InChI is InChI=1S/C18H15BrN2O5/c1-23-14-8-7-11(9-15(14)24-2)17-20-16(26-21-17)10-25-18(22)12-5-3-4-6-13(12)19/h3-9H,10H2,1-2H3. The molecule has 0 radical (unpaired) electrons. The maximum Gasteiger partial charge on any atom is 0.339 e. The SMILES string of the molecule is COc1ccc(-c2noc(COC(=O)c3ccccc3Br)n2)cc1OC. The number of hydrogen-bond donors (Lipinski definition) is 0. The second-order valence-electron chi connectivity index (χ2n) is 5.14. The van der Waals surface area contributed by atoms with E-state index in [0.29, 0.717) is 32.9 Å². The molecule has 0 aliphatic rings. The Morgan fingerprint density at radius 2 is 1.88 bits per heavy atom. The molecule has 0 atom stereocenters. The second kappa shape index (κ2) is 8.01. The normalized spacial score (nSPS) is 10.4. The van der Waals surface area contributed by atoms with E-state index in [9.17, 15) is 4.79 Å². The first-order valence-corrected chi connectivity index (χ1v) is 8.38. The third-order valence-corrected chi connectivity index (χ3v) is 4.22. The molecule has 8 heteroatoms. The number of nitrogens with zero attached hydrogens (tertiary/aromatic N) is 2. The minimum atomic E-state index is -0.483. The van der Waals surface area contributed by atoms with Crippen LogP contribution in [0.3, 0.4) is 0 Å². The second-order valence-corrected chi connectivity index (χ2v) is 5.99. The summed E-state index contributed by atoms with van der Waals surface area (Å²) in [4.78, 5) is 16.3. The number of rotatable bonds is 6. The number of esters is 1. The molecular weight excluding hydrogens is 404 g/mol. The Bertz CT molecular complexity index is 925. The van der Waals surface area contributed by atoms with Crippen molar-refractivity contribution in [2.45, 2.75) is 6.61 Å². The Labute approximate surface area is 158 Å². The molecule has 1 heterocycles. The number of aromatic nitrogens is 2. The van der Waals surface area contributed by atoms with Gasteiger partial charge in [-0.2, -0.15) is 4.98 Å². The minimum absolute atomic E-state index is 0.125. The topological polar surface area (TPSA) is 83.7 Å². The average molecular weight is 419 g/mol. The molecule has 0 N–H and O–H groups in total. The van der Waals surface area contributed by atoms with E-state index < -0.39 is 5.97 Å². The Hall–Kier alpha value is -2.87. The molecule has 0 bridgehead atoms. The summed E-state index contributed by atoms with van der Waals surface area (Å²) in [6, 6.07) is 12.3. The van der Waals surface area contributed by atoms with Gasteiger partial charge in [-0.3, -0.25) is 0 Å². The van der Waals surface area contributed by atoms with Crippen LogP contribution in [0.2, 0.25) is 0 Å². The van der Waals surface area contributed by atoms with Gasteiger partial charge in [0.1, 0.15) is 0 Å². The maximum atomic E-state index is 12.1. The van der Waals surface area contributed by atoms with Crippen LogP contribution in [0.25, 0.3) is 11.4 Å². The van der Waals surface area contributed by atoms with Crippen molar-refractivity contribution < 1.29 is 23.5 Å². The fourth-order valence-electron chi connectivity index (χ4n) is 2.24.